The molecule has 13 nitrogen and oxygen atoms in total. The summed E-state index contributed by atoms with van der Waals surface area (Å²) in [6.07, 6.45) is -19.6. The van der Waals surface area contributed by atoms with Crippen LogP contribution in [0.25, 0.3) is 0 Å². The largest absolute Gasteiger partial charge is 0.388 e. The lowest BCUT2D eigenvalue weighted by molar-refractivity contribution is -0.386. The third-order valence-electron chi connectivity index (χ3n) is 6.22. The molecule has 7 N–H and O–H groups in total. The lowest BCUT2D eigenvalue weighted by Crippen LogP contribution is -2.65. The molecular formula is C19H34O13. The Balaban J connectivity index is 1.80. The summed E-state index contributed by atoms with van der Waals surface area (Å²) in [5.74, 6) is 0. The van der Waals surface area contributed by atoms with Gasteiger partial charge >= 0.3 is 0 Å². The molecule has 0 aromatic carbocycles. The van der Waals surface area contributed by atoms with Crippen LogP contribution < -0.4 is 0 Å². The number of rotatable bonds is 5. The lowest BCUT2D eigenvalue weighted by atomic mass is 9.97. The van der Waals surface area contributed by atoms with Crippen LogP contribution in [0.1, 0.15) is 20.8 Å². The molecule has 3 aliphatic heterocycles. The molecule has 188 valence electrons. The third kappa shape index (κ3) is 4.95. The van der Waals surface area contributed by atoms with Crippen molar-refractivity contribution >= 4 is 0 Å². The lowest BCUT2D eigenvalue weighted by Gasteiger charge is -2.47. The number of ether oxygens (including phenoxy) is 6. The van der Waals surface area contributed by atoms with E-state index in [-0.39, 0.29) is 0 Å². The van der Waals surface area contributed by atoms with Gasteiger partial charge in [0.15, 0.2) is 18.9 Å². The Morgan fingerprint density at radius 2 is 0.969 bits per heavy atom. The normalized spacial score (nSPS) is 55.0. The van der Waals surface area contributed by atoms with Crippen molar-refractivity contribution in [1.29, 1.82) is 0 Å². The van der Waals surface area contributed by atoms with Gasteiger partial charge in [-0.3, -0.25) is 0 Å². The summed E-state index contributed by atoms with van der Waals surface area (Å²) in [6.45, 7) is 4.46. The Morgan fingerprint density at radius 3 is 1.56 bits per heavy atom. The summed E-state index contributed by atoms with van der Waals surface area (Å²) in [7, 11) is 1.29. The molecular weight excluding hydrogens is 436 g/mol. The van der Waals surface area contributed by atoms with Crippen LogP contribution >= 0.6 is 0 Å². The van der Waals surface area contributed by atoms with Gasteiger partial charge in [-0.25, -0.2) is 0 Å². The monoisotopic (exact) mass is 470 g/mol. The summed E-state index contributed by atoms with van der Waals surface area (Å²) in [5, 5.41) is 72.1. The maximum absolute atomic E-state index is 10.6. The summed E-state index contributed by atoms with van der Waals surface area (Å²) in [4.78, 5) is 0. The second kappa shape index (κ2) is 10.4. The summed E-state index contributed by atoms with van der Waals surface area (Å²) in [5.41, 5.74) is 0. The van der Waals surface area contributed by atoms with E-state index in [2.05, 4.69) is 0 Å². The SMILES string of the molecule is CO[C@H]1[C@@H](O)[C@@H](C)O[C@H](O[C@H]2[C@@H](O[C@H]3C(O)O[C@H](C)[C@H](O)[C@@H]3O)O[C@H](C)[C@H](O)[C@@H]2O)[C@@H]1O. The number of aliphatic hydroxyl groups is 7. The van der Waals surface area contributed by atoms with E-state index in [0.717, 1.165) is 0 Å². The van der Waals surface area contributed by atoms with Crippen LogP contribution in [-0.4, -0.2) is 135 Å². The van der Waals surface area contributed by atoms with Crippen LogP contribution in [-0.2, 0) is 28.4 Å². The van der Waals surface area contributed by atoms with Crippen molar-refractivity contribution in [2.45, 2.75) is 113 Å². The van der Waals surface area contributed by atoms with E-state index in [0.29, 0.717) is 0 Å². The number of aliphatic hydroxyl groups excluding tert-OH is 7. The standard InChI is InChI=1S/C19H34O13/c1-5-8(20)11(23)15(17(26)28-5)31-19-16(12(24)9(21)6(2)30-19)32-18-13(25)14(27-4)10(22)7(3)29-18/h5-26H,1-4H3/t5-,6-,7-,8+,9+,10+,11+,12+,13-,14+,15-,16-,17?,18-,19-/m1/s1. The summed E-state index contributed by atoms with van der Waals surface area (Å²) < 4.78 is 32.7. The molecule has 3 rings (SSSR count). The van der Waals surface area contributed by atoms with Crippen LogP contribution in [0.2, 0.25) is 0 Å². The molecule has 0 spiro atoms. The minimum Gasteiger partial charge on any atom is -0.388 e. The van der Waals surface area contributed by atoms with E-state index in [1.165, 1.54) is 27.9 Å². The van der Waals surface area contributed by atoms with Crippen molar-refractivity contribution in [3.8, 4) is 0 Å². The maximum Gasteiger partial charge on any atom is 0.187 e. The molecule has 0 bridgehead atoms. The Bertz CT molecular complexity index is 610. The molecule has 3 fully saturated rings. The molecule has 13 heteroatoms. The number of hydrogen-bond donors (Lipinski definition) is 7. The van der Waals surface area contributed by atoms with Gasteiger partial charge in [0, 0.05) is 7.11 Å². The fourth-order valence-corrected chi connectivity index (χ4v) is 4.12. The van der Waals surface area contributed by atoms with Crippen molar-refractivity contribution in [3.05, 3.63) is 0 Å². The first-order chi connectivity index (χ1) is 15.0. The fourth-order valence-electron chi connectivity index (χ4n) is 4.12. The number of hydrogen-bond acceptors (Lipinski definition) is 13. The van der Waals surface area contributed by atoms with Crippen LogP contribution in [0.3, 0.4) is 0 Å². The zero-order valence-corrected chi connectivity index (χ0v) is 18.2. The van der Waals surface area contributed by atoms with Crippen LogP contribution in [0, 0.1) is 0 Å². The van der Waals surface area contributed by atoms with Crippen molar-refractivity contribution in [1.82, 2.24) is 0 Å². The van der Waals surface area contributed by atoms with Gasteiger partial charge in [-0.1, -0.05) is 0 Å². The van der Waals surface area contributed by atoms with E-state index in [9.17, 15) is 35.7 Å². The predicted molar refractivity (Wildman–Crippen MR) is 102 cm³/mol. The summed E-state index contributed by atoms with van der Waals surface area (Å²) >= 11 is 0. The van der Waals surface area contributed by atoms with Crippen molar-refractivity contribution in [2.75, 3.05) is 7.11 Å². The topological polar surface area (TPSA) is 197 Å². The molecule has 3 heterocycles. The minimum atomic E-state index is -1.63. The van der Waals surface area contributed by atoms with E-state index in [1.807, 2.05) is 0 Å². The molecule has 3 aliphatic rings. The quantitative estimate of drug-likeness (QED) is 0.206. The molecule has 1 unspecified atom stereocenters. The van der Waals surface area contributed by atoms with Gasteiger partial charge in [-0.15, -0.1) is 0 Å². The molecule has 15 atom stereocenters. The van der Waals surface area contributed by atoms with Gasteiger partial charge in [0.2, 0.25) is 0 Å². The zero-order chi connectivity index (χ0) is 23.9. The Labute approximate surface area is 185 Å². The summed E-state index contributed by atoms with van der Waals surface area (Å²) in [6, 6.07) is 0. The van der Waals surface area contributed by atoms with E-state index >= 15 is 0 Å². The highest BCUT2D eigenvalue weighted by molar-refractivity contribution is 4.94. The zero-order valence-electron chi connectivity index (χ0n) is 18.2. The molecule has 3 saturated heterocycles. The second-order valence-electron chi connectivity index (χ2n) is 8.50. The van der Waals surface area contributed by atoms with Gasteiger partial charge in [0.05, 0.1) is 18.3 Å². The first-order valence-corrected chi connectivity index (χ1v) is 10.5. The molecule has 0 radical (unpaired) electrons. The van der Waals surface area contributed by atoms with Crippen molar-refractivity contribution in [2.24, 2.45) is 0 Å². The first-order valence-electron chi connectivity index (χ1n) is 10.5. The van der Waals surface area contributed by atoms with Crippen molar-refractivity contribution in [3.63, 3.8) is 0 Å². The minimum absolute atomic E-state index is 0.801. The molecule has 0 saturated carbocycles. The Kier molecular flexibility index (Phi) is 8.48. The van der Waals surface area contributed by atoms with Gasteiger partial charge in [-0.05, 0) is 20.8 Å². The van der Waals surface area contributed by atoms with Gasteiger partial charge in [0.1, 0.15) is 54.9 Å². The molecule has 0 aromatic heterocycles. The van der Waals surface area contributed by atoms with Gasteiger partial charge in [0.25, 0.3) is 0 Å². The van der Waals surface area contributed by atoms with E-state index in [4.69, 9.17) is 28.4 Å². The maximum atomic E-state index is 10.6. The fraction of sp³-hybridized carbons (Fsp3) is 1.00. The predicted octanol–water partition coefficient (Wildman–Crippen LogP) is -3.84. The second-order valence-corrected chi connectivity index (χ2v) is 8.50. The Morgan fingerprint density at radius 1 is 0.500 bits per heavy atom. The molecule has 0 amide bonds. The van der Waals surface area contributed by atoms with Crippen LogP contribution in [0.4, 0.5) is 0 Å². The number of methoxy groups -OCH3 is 1. The highest BCUT2D eigenvalue weighted by atomic mass is 16.8. The molecule has 32 heavy (non-hydrogen) atoms. The smallest absolute Gasteiger partial charge is 0.187 e. The first kappa shape index (κ1) is 26.1. The highest BCUT2D eigenvalue weighted by Crippen LogP contribution is 2.32. The van der Waals surface area contributed by atoms with E-state index < -0.39 is 92.1 Å². The van der Waals surface area contributed by atoms with Crippen molar-refractivity contribution < 1.29 is 64.2 Å². The average molecular weight is 470 g/mol. The van der Waals surface area contributed by atoms with Gasteiger partial charge < -0.3 is 64.2 Å². The average Bonchev–Trinajstić information content (AvgIpc) is 2.74. The van der Waals surface area contributed by atoms with Gasteiger partial charge in [-0.2, -0.15) is 0 Å². The third-order valence-corrected chi connectivity index (χ3v) is 6.22. The Hall–Kier alpha value is -0.520. The molecule has 0 aromatic rings. The molecule has 0 aliphatic carbocycles. The van der Waals surface area contributed by atoms with Crippen LogP contribution in [0.15, 0.2) is 0 Å². The highest BCUT2D eigenvalue weighted by Gasteiger charge is 2.52. The van der Waals surface area contributed by atoms with Crippen LogP contribution in [0.5, 0.6) is 0 Å². The van der Waals surface area contributed by atoms with E-state index in [1.54, 1.807) is 0 Å².